The molecular weight excluding hydrogens is 286 g/mol. The zero-order valence-corrected chi connectivity index (χ0v) is 11.0. The lowest BCUT2D eigenvalue weighted by atomic mass is 10.1. The monoisotopic (exact) mass is 299 g/mol. The normalized spacial score (nSPS) is 24.1. The first-order chi connectivity index (χ1) is 7.99. The van der Waals surface area contributed by atoms with Crippen molar-refractivity contribution in [1.29, 1.82) is 0 Å². The van der Waals surface area contributed by atoms with Gasteiger partial charge in [0.25, 0.3) is 5.91 Å². The van der Waals surface area contributed by atoms with Crippen LogP contribution in [-0.2, 0) is 0 Å². The van der Waals surface area contributed by atoms with Gasteiger partial charge in [-0.05, 0) is 24.6 Å². The van der Waals surface area contributed by atoms with E-state index in [0.29, 0.717) is 5.56 Å². The molecule has 2 atom stereocenters. The summed E-state index contributed by atoms with van der Waals surface area (Å²) < 4.78 is 0.878. The first kappa shape index (κ1) is 12.5. The van der Waals surface area contributed by atoms with Gasteiger partial charge in [0.2, 0.25) is 0 Å². The summed E-state index contributed by atoms with van der Waals surface area (Å²) in [4.78, 5) is 13.5. The van der Waals surface area contributed by atoms with Crippen molar-refractivity contribution in [2.45, 2.75) is 19.1 Å². The fourth-order valence-electron chi connectivity index (χ4n) is 1.84. The Labute approximate surface area is 108 Å². The summed E-state index contributed by atoms with van der Waals surface area (Å²) in [5, 5.41) is 18.8. The molecule has 1 saturated heterocycles. The van der Waals surface area contributed by atoms with Gasteiger partial charge in [0.05, 0.1) is 12.2 Å². The second-order valence-corrected chi connectivity index (χ2v) is 5.16. The lowest BCUT2D eigenvalue weighted by Crippen LogP contribution is -2.29. The molecule has 1 heterocycles. The molecule has 2 N–H and O–H groups in total. The van der Waals surface area contributed by atoms with Crippen molar-refractivity contribution in [1.82, 2.24) is 4.90 Å². The van der Waals surface area contributed by atoms with E-state index < -0.39 is 12.2 Å². The van der Waals surface area contributed by atoms with Crippen molar-refractivity contribution in [2.75, 3.05) is 13.1 Å². The Balaban J connectivity index is 2.17. The fourth-order valence-corrected chi connectivity index (χ4v) is 2.22. The maximum Gasteiger partial charge on any atom is 0.254 e. The molecule has 1 amide bonds. The van der Waals surface area contributed by atoms with Crippen LogP contribution in [0, 0.1) is 6.92 Å². The van der Waals surface area contributed by atoms with E-state index >= 15 is 0 Å². The highest BCUT2D eigenvalue weighted by atomic mass is 79.9. The number of hydrogen-bond acceptors (Lipinski definition) is 3. The average molecular weight is 300 g/mol. The van der Waals surface area contributed by atoms with Gasteiger partial charge in [-0.1, -0.05) is 22.0 Å². The predicted molar refractivity (Wildman–Crippen MR) is 66.8 cm³/mol. The molecule has 0 radical (unpaired) electrons. The summed E-state index contributed by atoms with van der Waals surface area (Å²) in [5.74, 6) is -0.165. The summed E-state index contributed by atoms with van der Waals surface area (Å²) in [6, 6.07) is 5.37. The molecule has 0 saturated carbocycles. The van der Waals surface area contributed by atoms with E-state index in [0.717, 1.165) is 10.0 Å². The Morgan fingerprint density at radius 2 is 1.94 bits per heavy atom. The van der Waals surface area contributed by atoms with Crippen LogP contribution >= 0.6 is 15.9 Å². The smallest absolute Gasteiger partial charge is 0.254 e. The number of rotatable bonds is 1. The average Bonchev–Trinajstić information content (AvgIpc) is 2.62. The van der Waals surface area contributed by atoms with Gasteiger partial charge in [-0.25, -0.2) is 0 Å². The fraction of sp³-hybridized carbons (Fsp3) is 0.417. The summed E-state index contributed by atoms with van der Waals surface area (Å²) in [5.41, 5.74) is 1.62. The van der Waals surface area contributed by atoms with Gasteiger partial charge in [-0.2, -0.15) is 0 Å². The predicted octanol–water partition coefficient (Wildman–Crippen LogP) is 0.935. The number of benzene rings is 1. The first-order valence-corrected chi connectivity index (χ1v) is 6.20. The molecule has 5 heteroatoms. The van der Waals surface area contributed by atoms with E-state index in [9.17, 15) is 15.0 Å². The second-order valence-electron chi connectivity index (χ2n) is 4.31. The van der Waals surface area contributed by atoms with Crippen LogP contribution in [0.15, 0.2) is 22.7 Å². The van der Waals surface area contributed by atoms with Crippen LogP contribution in [-0.4, -0.2) is 46.3 Å². The number of halogens is 1. The zero-order chi connectivity index (χ0) is 12.6. The highest BCUT2D eigenvalue weighted by molar-refractivity contribution is 9.10. The maximum atomic E-state index is 12.1. The molecular formula is C12H14BrNO3. The molecule has 2 rings (SSSR count). The number of aryl methyl sites for hydroxylation is 1. The van der Waals surface area contributed by atoms with Crippen LogP contribution < -0.4 is 0 Å². The maximum absolute atomic E-state index is 12.1. The molecule has 1 fully saturated rings. The highest BCUT2D eigenvalue weighted by Gasteiger charge is 2.32. The van der Waals surface area contributed by atoms with Crippen LogP contribution in [0.5, 0.6) is 0 Å². The Morgan fingerprint density at radius 1 is 1.35 bits per heavy atom. The van der Waals surface area contributed by atoms with E-state index in [1.54, 1.807) is 12.1 Å². The van der Waals surface area contributed by atoms with Gasteiger partial charge in [0.1, 0.15) is 0 Å². The first-order valence-electron chi connectivity index (χ1n) is 5.40. The van der Waals surface area contributed by atoms with Crippen molar-refractivity contribution in [3.63, 3.8) is 0 Å². The number of aliphatic hydroxyl groups excluding tert-OH is 2. The van der Waals surface area contributed by atoms with Crippen LogP contribution in [0.1, 0.15) is 15.9 Å². The third kappa shape index (κ3) is 2.51. The van der Waals surface area contributed by atoms with E-state index in [-0.39, 0.29) is 19.0 Å². The Hall–Kier alpha value is -0.910. The van der Waals surface area contributed by atoms with Crippen LogP contribution in [0.25, 0.3) is 0 Å². The van der Waals surface area contributed by atoms with Crippen molar-refractivity contribution in [3.8, 4) is 0 Å². The van der Waals surface area contributed by atoms with Crippen molar-refractivity contribution in [2.24, 2.45) is 0 Å². The molecule has 1 aromatic rings. The minimum absolute atomic E-state index is 0.165. The van der Waals surface area contributed by atoms with Gasteiger partial charge in [-0.3, -0.25) is 4.79 Å². The minimum Gasteiger partial charge on any atom is -0.388 e. The molecule has 0 spiro atoms. The highest BCUT2D eigenvalue weighted by Crippen LogP contribution is 2.20. The summed E-state index contributed by atoms with van der Waals surface area (Å²) >= 11 is 3.38. The molecule has 1 aliphatic rings. The Bertz CT molecular complexity index is 439. The van der Waals surface area contributed by atoms with Gasteiger partial charge < -0.3 is 15.1 Å². The van der Waals surface area contributed by atoms with Crippen molar-refractivity contribution >= 4 is 21.8 Å². The van der Waals surface area contributed by atoms with Gasteiger partial charge in [0.15, 0.2) is 0 Å². The number of carbonyl (C=O) groups excluding carboxylic acids is 1. The van der Waals surface area contributed by atoms with Crippen LogP contribution in [0.3, 0.4) is 0 Å². The number of β-amino-alcohol motifs (C(OH)–C–C–N with tert-alkyl or cyclic N) is 2. The van der Waals surface area contributed by atoms with Crippen molar-refractivity contribution in [3.05, 3.63) is 33.8 Å². The number of amides is 1. The zero-order valence-electron chi connectivity index (χ0n) is 9.43. The lowest BCUT2D eigenvalue weighted by Gasteiger charge is -2.15. The number of aliphatic hydroxyl groups is 2. The number of hydrogen-bond donors (Lipinski definition) is 2. The molecule has 1 aliphatic heterocycles. The summed E-state index contributed by atoms with van der Waals surface area (Å²) in [6.07, 6.45) is -1.68. The Morgan fingerprint density at radius 3 is 2.47 bits per heavy atom. The third-order valence-corrected chi connectivity index (χ3v) is 3.82. The molecule has 2 unspecified atom stereocenters. The third-order valence-electron chi connectivity index (χ3n) is 2.97. The van der Waals surface area contributed by atoms with E-state index in [2.05, 4.69) is 15.9 Å². The van der Waals surface area contributed by atoms with Crippen LogP contribution in [0.4, 0.5) is 0 Å². The summed E-state index contributed by atoms with van der Waals surface area (Å²) in [7, 11) is 0. The molecule has 0 aliphatic carbocycles. The standard InChI is InChI=1S/C12H14BrNO3/c1-7-2-3-8(4-9(7)13)12(17)14-5-10(15)11(16)6-14/h2-4,10-11,15-16H,5-6H2,1H3. The molecule has 92 valence electrons. The molecule has 0 bridgehead atoms. The lowest BCUT2D eigenvalue weighted by molar-refractivity contribution is 0.0572. The topological polar surface area (TPSA) is 60.8 Å². The van der Waals surface area contributed by atoms with E-state index in [1.807, 2.05) is 13.0 Å². The number of nitrogens with zero attached hydrogens (tertiary/aromatic N) is 1. The summed E-state index contributed by atoms with van der Waals surface area (Å²) in [6.45, 7) is 2.32. The number of carbonyl (C=O) groups is 1. The molecule has 17 heavy (non-hydrogen) atoms. The van der Waals surface area contributed by atoms with Crippen LogP contribution in [0.2, 0.25) is 0 Å². The second kappa shape index (κ2) is 4.76. The van der Waals surface area contributed by atoms with Gasteiger partial charge >= 0.3 is 0 Å². The molecule has 1 aromatic carbocycles. The largest absolute Gasteiger partial charge is 0.388 e. The SMILES string of the molecule is Cc1ccc(C(=O)N2CC(O)C(O)C2)cc1Br. The molecule has 0 aromatic heterocycles. The van der Waals surface area contributed by atoms with Crippen molar-refractivity contribution < 1.29 is 15.0 Å². The van der Waals surface area contributed by atoms with Gasteiger partial charge in [-0.15, -0.1) is 0 Å². The van der Waals surface area contributed by atoms with E-state index in [1.165, 1.54) is 4.90 Å². The minimum atomic E-state index is -0.840. The molecule has 4 nitrogen and oxygen atoms in total. The number of likely N-dealkylation sites (tertiary alicyclic amines) is 1. The quantitative estimate of drug-likeness (QED) is 0.811. The van der Waals surface area contributed by atoms with Gasteiger partial charge in [0, 0.05) is 23.1 Å². The van der Waals surface area contributed by atoms with E-state index in [4.69, 9.17) is 0 Å². The Kier molecular flexibility index (Phi) is 3.51.